The Morgan fingerprint density at radius 2 is 1.81 bits per heavy atom. The maximum absolute atomic E-state index is 12.8. The number of Topliss-reactive ketones (excluding diaryl/α,β-unsaturated/α-hetero) is 1. The fourth-order valence-electron chi connectivity index (χ4n) is 2.48. The van der Waals surface area contributed by atoms with Crippen LogP contribution in [0, 0.1) is 0 Å². The summed E-state index contributed by atoms with van der Waals surface area (Å²) in [5.41, 5.74) is 0. The number of fused-ring (bicyclic) bond motifs is 1. The monoisotopic (exact) mass is 324 g/mol. The highest BCUT2D eigenvalue weighted by atomic mass is 35.5. The smallest absolute Gasteiger partial charge is 0.243 e. The van der Waals surface area contributed by atoms with Crippen molar-refractivity contribution in [1.29, 1.82) is 0 Å². The van der Waals surface area contributed by atoms with Gasteiger partial charge in [-0.1, -0.05) is 23.7 Å². The van der Waals surface area contributed by atoms with Crippen molar-refractivity contribution >= 4 is 38.2 Å². The molecule has 7 heteroatoms. The van der Waals surface area contributed by atoms with Crippen LogP contribution in [0.2, 0.25) is 5.15 Å². The normalized spacial score (nSPS) is 17.3. The summed E-state index contributed by atoms with van der Waals surface area (Å²) in [7, 11) is -3.63. The molecule has 0 radical (unpaired) electrons. The predicted octanol–water partition coefficient (Wildman–Crippen LogP) is 2.24. The molecule has 0 saturated carbocycles. The van der Waals surface area contributed by atoms with Crippen molar-refractivity contribution in [2.45, 2.75) is 17.7 Å². The molecule has 1 fully saturated rings. The van der Waals surface area contributed by atoms with E-state index in [1.165, 1.54) is 10.5 Å². The van der Waals surface area contributed by atoms with E-state index in [9.17, 15) is 13.2 Å². The summed E-state index contributed by atoms with van der Waals surface area (Å²) in [6.45, 7) is 0.465. The number of halogens is 1. The third kappa shape index (κ3) is 2.54. The van der Waals surface area contributed by atoms with Gasteiger partial charge in [-0.25, -0.2) is 13.4 Å². The van der Waals surface area contributed by atoms with Gasteiger partial charge in [0.05, 0.1) is 4.90 Å². The van der Waals surface area contributed by atoms with E-state index in [-0.39, 0.29) is 41.8 Å². The van der Waals surface area contributed by atoms with E-state index >= 15 is 0 Å². The maximum atomic E-state index is 12.8. The number of aromatic nitrogens is 1. The lowest BCUT2D eigenvalue weighted by molar-refractivity contribution is -0.120. The first-order valence-corrected chi connectivity index (χ1v) is 8.37. The lowest BCUT2D eigenvalue weighted by Crippen LogP contribution is -2.38. The number of rotatable bonds is 2. The zero-order chi connectivity index (χ0) is 15.0. The topological polar surface area (TPSA) is 67.3 Å². The number of carbonyl (C=O) groups excluding carboxylic acids is 1. The number of carbonyl (C=O) groups is 1. The number of nitrogens with zero attached hydrogens (tertiary/aromatic N) is 2. The van der Waals surface area contributed by atoms with Crippen LogP contribution in [0.15, 0.2) is 35.4 Å². The highest BCUT2D eigenvalue weighted by Crippen LogP contribution is 2.29. The van der Waals surface area contributed by atoms with Crippen molar-refractivity contribution in [2.75, 3.05) is 13.1 Å². The standard InChI is InChI=1S/C14H13ClN2O3S/c15-14-12-2-1-3-13(11(12)4-7-16-14)21(19,20)17-8-5-10(18)6-9-17/h1-4,7H,5-6,8-9H2. The Hall–Kier alpha value is -1.50. The van der Waals surface area contributed by atoms with Gasteiger partial charge in [0, 0.05) is 42.9 Å². The van der Waals surface area contributed by atoms with Crippen LogP contribution < -0.4 is 0 Å². The summed E-state index contributed by atoms with van der Waals surface area (Å²) in [5.74, 6) is 0.103. The number of sulfonamides is 1. The van der Waals surface area contributed by atoms with Crippen LogP contribution in [-0.4, -0.2) is 36.6 Å². The Morgan fingerprint density at radius 1 is 1.10 bits per heavy atom. The summed E-state index contributed by atoms with van der Waals surface area (Å²) in [6, 6.07) is 6.59. The molecule has 0 unspecified atom stereocenters. The zero-order valence-electron chi connectivity index (χ0n) is 11.1. The fourth-order valence-corrected chi connectivity index (χ4v) is 4.35. The van der Waals surface area contributed by atoms with Crippen LogP contribution in [0.3, 0.4) is 0 Å². The zero-order valence-corrected chi connectivity index (χ0v) is 12.7. The van der Waals surface area contributed by atoms with Crippen molar-refractivity contribution in [3.8, 4) is 0 Å². The van der Waals surface area contributed by atoms with Crippen molar-refractivity contribution in [2.24, 2.45) is 0 Å². The Bertz CT molecular complexity index is 810. The first-order valence-electron chi connectivity index (χ1n) is 6.55. The lowest BCUT2D eigenvalue weighted by Gasteiger charge is -2.25. The summed E-state index contributed by atoms with van der Waals surface area (Å²) in [5, 5.41) is 1.43. The van der Waals surface area contributed by atoms with E-state index in [4.69, 9.17) is 11.6 Å². The molecule has 1 aromatic carbocycles. The Morgan fingerprint density at radius 3 is 2.52 bits per heavy atom. The van der Waals surface area contributed by atoms with Gasteiger partial charge in [0.1, 0.15) is 10.9 Å². The second-order valence-electron chi connectivity index (χ2n) is 4.90. The summed E-state index contributed by atoms with van der Waals surface area (Å²) in [4.78, 5) is 15.5. The van der Waals surface area contributed by atoms with Gasteiger partial charge in [0.25, 0.3) is 0 Å². The summed E-state index contributed by atoms with van der Waals surface area (Å²) in [6.07, 6.45) is 2.03. The van der Waals surface area contributed by atoms with Crippen LogP contribution >= 0.6 is 11.6 Å². The largest absolute Gasteiger partial charge is 0.300 e. The lowest BCUT2D eigenvalue weighted by atomic mass is 10.1. The number of pyridine rings is 1. The van der Waals surface area contributed by atoms with E-state index in [0.717, 1.165) is 0 Å². The quantitative estimate of drug-likeness (QED) is 0.795. The Balaban J connectivity index is 2.11. The van der Waals surface area contributed by atoms with E-state index in [1.54, 1.807) is 24.3 Å². The van der Waals surface area contributed by atoms with Gasteiger partial charge in [-0.05, 0) is 12.1 Å². The van der Waals surface area contributed by atoms with Crippen LogP contribution in [0.25, 0.3) is 10.8 Å². The molecule has 21 heavy (non-hydrogen) atoms. The highest BCUT2D eigenvalue weighted by Gasteiger charge is 2.29. The number of hydrogen-bond acceptors (Lipinski definition) is 4. The fraction of sp³-hybridized carbons (Fsp3) is 0.286. The number of piperidine rings is 1. The number of hydrogen-bond donors (Lipinski definition) is 0. The first-order chi connectivity index (χ1) is 10.00. The molecule has 0 bridgehead atoms. The van der Waals surface area contributed by atoms with Crippen LogP contribution in [0.4, 0.5) is 0 Å². The average Bonchev–Trinajstić information content (AvgIpc) is 2.47. The van der Waals surface area contributed by atoms with Crippen molar-refractivity contribution in [3.05, 3.63) is 35.6 Å². The molecule has 1 aromatic heterocycles. The molecule has 0 N–H and O–H groups in total. The van der Waals surface area contributed by atoms with Gasteiger partial charge in [0.15, 0.2) is 0 Å². The van der Waals surface area contributed by atoms with E-state index in [1.807, 2.05) is 0 Å². The summed E-state index contributed by atoms with van der Waals surface area (Å²) >= 11 is 6.02. The van der Waals surface area contributed by atoms with Gasteiger partial charge >= 0.3 is 0 Å². The molecule has 1 aliphatic heterocycles. The second kappa shape index (κ2) is 5.36. The molecular weight excluding hydrogens is 312 g/mol. The Labute approximate surface area is 127 Å². The van der Waals surface area contributed by atoms with Gasteiger partial charge in [-0.15, -0.1) is 0 Å². The SMILES string of the molecule is O=C1CCN(S(=O)(=O)c2cccc3c(Cl)nccc23)CC1. The maximum Gasteiger partial charge on any atom is 0.243 e. The molecule has 2 heterocycles. The predicted molar refractivity (Wildman–Crippen MR) is 79.8 cm³/mol. The van der Waals surface area contributed by atoms with Crippen LogP contribution in [0.1, 0.15) is 12.8 Å². The molecule has 3 rings (SSSR count). The molecule has 0 amide bonds. The van der Waals surface area contributed by atoms with Crippen LogP contribution in [-0.2, 0) is 14.8 Å². The van der Waals surface area contributed by atoms with E-state index < -0.39 is 10.0 Å². The third-order valence-electron chi connectivity index (χ3n) is 3.62. The van der Waals surface area contributed by atoms with Gasteiger partial charge in [-0.3, -0.25) is 4.79 Å². The van der Waals surface area contributed by atoms with Gasteiger partial charge < -0.3 is 0 Å². The molecule has 2 aromatic rings. The van der Waals surface area contributed by atoms with Gasteiger partial charge in [0.2, 0.25) is 10.0 Å². The molecule has 0 spiro atoms. The second-order valence-corrected chi connectivity index (χ2v) is 7.16. The van der Waals surface area contributed by atoms with Crippen molar-refractivity contribution in [1.82, 2.24) is 9.29 Å². The minimum Gasteiger partial charge on any atom is -0.300 e. The molecule has 1 saturated heterocycles. The number of benzene rings is 1. The number of ketones is 1. The summed E-state index contributed by atoms with van der Waals surface area (Å²) < 4.78 is 26.9. The van der Waals surface area contributed by atoms with Crippen LogP contribution in [0.5, 0.6) is 0 Å². The highest BCUT2D eigenvalue weighted by molar-refractivity contribution is 7.89. The molecule has 0 atom stereocenters. The molecule has 0 aliphatic carbocycles. The first kappa shape index (κ1) is 14.4. The van der Waals surface area contributed by atoms with E-state index in [0.29, 0.717) is 10.8 Å². The average molecular weight is 325 g/mol. The molecule has 1 aliphatic rings. The van der Waals surface area contributed by atoms with Gasteiger partial charge in [-0.2, -0.15) is 4.31 Å². The van der Waals surface area contributed by atoms with Crippen molar-refractivity contribution in [3.63, 3.8) is 0 Å². The Kier molecular flexibility index (Phi) is 3.69. The third-order valence-corrected chi connectivity index (χ3v) is 5.87. The van der Waals surface area contributed by atoms with Crippen molar-refractivity contribution < 1.29 is 13.2 Å². The molecular formula is C14H13ClN2O3S. The molecule has 110 valence electrons. The minimum absolute atomic E-state index is 0.103. The molecule has 5 nitrogen and oxygen atoms in total. The minimum atomic E-state index is -3.63. The van der Waals surface area contributed by atoms with E-state index in [2.05, 4.69) is 4.98 Å².